The van der Waals surface area contributed by atoms with Crippen LogP contribution in [0.5, 0.6) is 5.75 Å². The molecule has 0 saturated carbocycles. The Balaban J connectivity index is 0.000000917. The summed E-state index contributed by atoms with van der Waals surface area (Å²) in [7, 11) is 0. The van der Waals surface area contributed by atoms with Crippen molar-refractivity contribution in [2.45, 2.75) is 33.8 Å². The Bertz CT molecular complexity index is 504. The molecule has 0 unspecified atom stereocenters. The number of H-pyrrole nitrogens is 1. The van der Waals surface area contributed by atoms with Crippen LogP contribution in [0, 0.1) is 0 Å². The molecule has 1 N–H and O–H groups in total. The molecule has 0 aliphatic rings. The van der Waals surface area contributed by atoms with Gasteiger partial charge in [-0.2, -0.15) is 0 Å². The number of aromatic nitrogens is 2. The van der Waals surface area contributed by atoms with E-state index in [0.717, 1.165) is 4.88 Å². The number of hydrogen-bond donors (Lipinski definition) is 1. The van der Waals surface area contributed by atoms with Gasteiger partial charge in [0.25, 0.3) is 0 Å². The summed E-state index contributed by atoms with van der Waals surface area (Å²) in [6, 6.07) is 1.84. The third kappa shape index (κ3) is 3.45. The lowest BCUT2D eigenvalue weighted by atomic mass is 10.4. The summed E-state index contributed by atoms with van der Waals surface area (Å²) in [4.78, 5) is 14.1. The monoisotopic (exact) mass is 258 g/mol. The molecule has 17 heavy (non-hydrogen) atoms. The van der Waals surface area contributed by atoms with Gasteiger partial charge in [-0.25, -0.2) is 4.79 Å². The lowest BCUT2D eigenvalue weighted by Crippen LogP contribution is -2.05. The van der Waals surface area contributed by atoms with Crippen LogP contribution in [0.3, 0.4) is 0 Å². The highest BCUT2D eigenvalue weighted by molar-refractivity contribution is 7.13. The second-order valence-electron chi connectivity index (χ2n) is 3.22. The van der Waals surface area contributed by atoms with Gasteiger partial charge in [-0.1, -0.05) is 19.0 Å². The fourth-order valence-electron chi connectivity index (χ4n) is 1.14. The highest BCUT2D eigenvalue weighted by Gasteiger charge is 2.13. The van der Waals surface area contributed by atoms with Crippen LogP contribution in [-0.4, -0.2) is 16.2 Å². The molecule has 0 amide bonds. The molecule has 0 bridgehead atoms. The molecule has 2 aromatic heterocycles. The van der Waals surface area contributed by atoms with Crippen LogP contribution in [0.4, 0.5) is 0 Å². The second kappa shape index (κ2) is 6.24. The van der Waals surface area contributed by atoms with Crippen molar-refractivity contribution in [3.05, 3.63) is 22.0 Å². The van der Waals surface area contributed by atoms with Crippen LogP contribution < -0.4 is 10.5 Å². The van der Waals surface area contributed by atoms with E-state index in [1.54, 1.807) is 0 Å². The maximum Gasteiger partial charge on any atom is 0.439 e. The third-order valence-electron chi connectivity index (χ3n) is 1.65. The van der Waals surface area contributed by atoms with E-state index in [0.29, 0.717) is 11.6 Å². The van der Waals surface area contributed by atoms with Crippen molar-refractivity contribution in [2.24, 2.45) is 0 Å². The SMILES string of the molecule is CC.CC(C)Oc1ccsc1-c1noc(=O)[nH]1.[HH]. The number of aromatic amines is 1. The molecule has 2 aromatic rings. The van der Waals surface area contributed by atoms with Crippen molar-refractivity contribution in [2.75, 3.05) is 0 Å². The maximum absolute atomic E-state index is 10.8. The Hall–Kier alpha value is -1.56. The molecule has 0 atom stereocenters. The van der Waals surface area contributed by atoms with Crippen molar-refractivity contribution in [1.82, 2.24) is 10.1 Å². The van der Waals surface area contributed by atoms with Gasteiger partial charge in [-0.15, -0.1) is 11.3 Å². The third-order valence-corrected chi connectivity index (χ3v) is 2.55. The van der Waals surface area contributed by atoms with Gasteiger partial charge >= 0.3 is 5.76 Å². The Labute approximate surface area is 105 Å². The average Bonchev–Trinajstić information content (AvgIpc) is 2.89. The molecule has 96 valence electrons. The minimum atomic E-state index is -0.561. The van der Waals surface area contributed by atoms with Gasteiger partial charge in [-0.05, 0) is 25.3 Å². The molecule has 2 heterocycles. The summed E-state index contributed by atoms with van der Waals surface area (Å²) in [6.45, 7) is 7.87. The Kier molecular flexibility index (Phi) is 4.96. The minimum absolute atomic E-state index is 0. The van der Waals surface area contributed by atoms with E-state index in [9.17, 15) is 4.79 Å². The molecule has 2 rings (SSSR count). The second-order valence-corrected chi connectivity index (χ2v) is 4.14. The normalized spacial score (nSPS) is 9.94. The zero-order valence-electron chi connectivity index (χ0n) is 10.3. The number of rotatable bonds is 3. The van der Waals surface area contributed by atoms with Crippen molar-refractivity contribution in [1.29, 1.82) is 0 Å². The molecule has 0 aromatic carbocycles. The van der Waals surface area contributed by atoms with Crippen LogP contribution in [0.2, 0.25) is 0 Å². The first-order chi connectivity index (χ1) is 8.16. The zero-order chi connectivity index (χ0) is 12.8. The summed E-state index contributed by atoms with van der Waals surface area (Å²) >= 11 is 1.44. The van der Waals surface area contributed by atoms with Crippen LogP contribution in [-0.2, 0) is 0 Å². The predicted octanol–water partition coefficient (Wildman–Crippen LogP) is 3.15. The molecule has 0 saturated heterocycles. The van der Waals surface area contributed by atoms with Crippen LogP contribution >= 0.6 is 11.3 Å². The Morgan fingerprint density at radius 3 is 2.76 bits per heavy atom. The first-order valence-corrected chi connectivity index (χ1v) is 6.35. The van der Waals surface area contributed by atoms with E-state index in [1.165, 1.54) is 11.3 Å². The summed E-state index contributed by atoms with van der Waals surface area (Å²) in [6.07, 6.45) is 0.0805. The fourth-order valence-corrected chi connectivity index (χ4v) is 1.90. The summed E-state index contributed by atoms with van der Waals surface area (Å²) in [5.41, 5.74) is 0. The largest absolute Gasteiger partial charge is 0.489 e. The van der Waals surface area contributed by atoms with E-state index >= 15 is 0 Å². The average molecular weight is 258 g/mol. The minimum Gasteiger partial charge on any atom is -0.489 e. The van der Waals surface area contributed by atoms with Crippen LogP contribution in [0.25, 0.3) is 10.7 Å². The molecule has 0 radical (unpaired) electrons. The fraction of sp³-hybridized carbons (Fsp3) is 0.455. The lowest BCUT2D eigenvalue weighted by molar-refractivity contribution is 0.244. The van der Waals surface area contributed by atoms with E-state index < -0.39 is 5.76 Å². The number of nitrogens with zero attached hydrogens (tertiary/aromatic N) is 1. The van der Waals surface area contributed by atoms with Crippen molar-refractivity contribution in [3.8, 4) is 16.5 Å². The molecule has 0 spiro atoms. The number of thiophene rings is 1. The Morgan fingerprint density at radius 1 is 1.53 bits per heavy atom. The topological polar surface area (TPSA) is 68.1 Å². The first-order valence-electron chi connectivity index (χ1n) is 5.47. The molecule has 0 fully saturated rings. The zero-order valence-corrected chi connectivity index (χ0v) is 11.1. The van der Waals surface area contributed by atoms with Gasteiger partial charge in [-0.3, -0.25) is 9.51 Å². The highest BCUT2D eigenvalue weighted by atomic mass is 32.1. The number of hydrogen-bond acceptors (Lipinski definition) is 5. The first kappa shape index (κ1) is 13.5. The quantitative estimate of drug-likeness (QED) is 0.918. The van der Waals surface area contributed by atoms with Gasteiger partial charge in [0, 0.05) is 1.43 Å². The maximum atomic E-state index is 10.8. The highest BCUT2D eigenvalue weighted by Crippen LogP contribution is 2.33. The lowest BCUT2D eigenvalue weighted by Gasteiger charge is -2.08. The van der Waals surface area contributed by atoms with Gasteiger partial charge < -0.3 is 4.74 Å². The molecule has 0 aliphatic carbocycles. The number of nitrogens with one attached hydrogen (secondary N) is 1. The summed E-state index contributed by atoms with van der Waals surface area (Å²) in [5, 5.41) is 5.49. The molecule has 0 aliphatic heterocycles. The van der Waals surface area contributed by atoms with Gasteiger partial charge in [0.2, 0.25) is 0 Å². The number of ether oxygens (including phenoxy) is 1. The van der Waals surface area contributed by atoms with Crippen molar-refractivity contribution >= 4 is 11.3 Å². The van der Waals surface area contributed by atoms with E-state index in [4.69, 9.17) is 4.74 Å². The van der Waals surface area contributed by atoms with Gasteiger partial charge in [0.05, 0.1) is 6.10 Å². The van der Waals surface area contributed by atoms with Crippen molar-refractivity contribution in [3.63, 3.8) is 0 Å². The van der Waals surface area contributed by atoms with Crippen molar-refractivity contribution < 1.29 is 10.7 Å². The molecule has 5 nitrogen and oxygen atoms in total. The van der Waals surface area contributed by atoms with E-state index in [2.05, 4.69) is 14.7 Å². The smallest absolute Gasteiger partial charge is 0.439 e. The van der Waals surface area contributed by atoms with Gasteiger partial charge in [0.15, 0.2) is 5.82 Å². The summed E-state index contributed by atoms with van der Waals surface area (Å²) < 4.78 is 9.99. The Morgan fingerprint density at radius 2 is 2.24 bits per heavy atom. The van der Waals surface area contributed by atoms with Gasteiger partial charge in [0.1, 0.15) is 10.6 Å². The van der Waals surface area contributed by atoms with E-state index in [-0.39, 0.29) is 7.53 Å². The molecular weight excluding hydrogens is 240 g/mol. The predicted molar refractivity (Wildman–Crippen MR) is 69.7 cm³/mol. The van der Waals surface area contributed by atoms with E-state index in [1.807, 2.05) is 39.1 Å². The summed E-state index contributed by atoms with van der Waals surface area (Å²) in [5.74, 6) is 0.555. The molecular formula is C11H18N2O3S. The molecule has 6 heteroatoms. The van der Waals surface area contributed by atoms with Crippen LogP contribution in [0.15, 0.2) is 20.8 Å². The van der Waals surface area contributed by atoms with Crippen LogP contribution in [0.1, 0.15) is 29.1 Å². The standard InChI is InChI=1S/C9H10N2O3S.C2H6.H2/c1-5(2)13-6-3-4-15-7(6)8-10-9(12)14-11-8;1-2;/h3-5H,1-2H3,(H,10,11,12);1-2H3;1H.